The molecule has 2 amide bonds. The summed E-state index contributed by atoms with van der Waals surface area (Å²) in [6.45, 7) is 3.54. The number of piperidine rings is 2. The van der Waals surface area contributed by atoms with Gasteiger partial charge in [0.05, 0.1) is 16.4 Å². The third-order valence-corrected chi connectivity index (χ3v) is 8.43. The molecule has 6 nitrogen and oxygen atoms in total. The van der Waals surface area contributed by atoms with Gasteiger partial charge in [0.15, 0.2) is 0 Å². The second-order valence-corrected chi connectivity index (χ2v) is 10.3. The third kappa shape index (κ3) is 4.66. The van der Waals surface area contributed by atoms with E-state index in [0.29, 0.717) is 35.5 Å². The summed E-state index contributed by atoms with van der Waals surface area (Å²) in [5.41, 5.74) is 4.71. The molecule has 9 heteroatoms. The first-order valence-electron chi connectivity index (χ1n) is 11.3. The molecule has 33 heavy (non-hydrogen) atoms. The largest absolute Gasteiger partial charge is 0.299 e. The molecule has 1 aromatic heterocycles. The molecule has 3 aliphatic rings. The van der Waals surface area contributed by atoms with Crippen molar-refractivity contribution in [1.29, 1.82) is 0 Å². The lowest BCUT2D eigenvalue weighted by Gasteiger charge is -2.33. The van der Waals surface area contributed by atoms with Crippen molar-refractivity contribution in [3.05, 3.63) is 62.9 Å². The highest BCUT2D eigenvalue weighted by Gasteiger charge is 2.39. The summed E-state index contributed by atoms with van der Waals surface area (Å²) < 4.78 is 0. The van der Waals surface area contributed by atoms with Crippen LogP contribution in [0.25, 0.3) is 0 Å². The highest BCUT2D eigenvalue weighted by atomic mass is 35.5. The van der Waals surface area contributed by atoms with Crippen LogP contribution in [0.1, 0.15) is 59.2 Å². The van der Waals surface area contributed by atoms with Crippen LogP contribution in [-0.2, 0) is 22.7 Å². The van der Waals surface area contributed by atoms with Crippen LogP contribution in [0.4, 0.5) is 0 Å². The quantitative estimate of drug-likeness (QED) is 0.368. The number of aromatic nitrogens is 1. The fourth-order valence-electron chi connectivity index (χ4n) is 5.28. The number of imide groups is 1. The highest BCUT2D eigenvalue weighted by molar-refractivity contribution is 7.80. The van der Waals surface area contributed by atoms with Crippen LogP contribution in [0.2, 0.25) is 10.2 Å². The number of hydrogen-bond donors (Lipinski definition) is 2. The minimum Gasteiger partial charge on any atom is -0.299 e. The fourth-order valence-corrected chi connectivity index (χ4v) is 6.19. The molecule has 0 bridgehead atoms. The molecule has 1 aromatic carbocycles. The Labute approximate surface area is 209 Å². The summed E-state index contributed by atoms with van der Waals surface area (Å²) in [7, 11) is 0. The minimum atomic E-state index is -0.311. The van der Waals surface area contributed by atoms with E-state index in [4.69, 9.17) is 35.8 Å². The molecule has 4 heterocycles. The van der Waals surface area contributed by atoms with Gasteiger partial charge in [0, 0.05) is 25.7 Å². The van der Waals surface area contributed by atoms with Gasteiger partial charge in [-0.05, 0) is 66.6 Å². The number of carbonyl (C=O) groups excluding carboxylic acids is 2. The molecule has 2 aromatic rings. The van der Waals surface area contributed by atoms with Crippen molar-refractivity contribution in [3.8, 4) is 0 Å². The molecular weight excluding hydrogens is 479 g/mol. The van der Waals surface area contributed by atoms with E-state index in [0.717, 1.165) is 43.6 Å². The van der Waals surface area contributed by atoms with Crippen molar-refractivity contribution < 1.29 is 9.59 Å². The normalized spacial score (nSPS) is 24.7. The highest BCUT2D eigenvalue weighted by Crippen LogP contribution is 2.40. The predicted octanol–water partition coefficient (Wildman–Crippen LogP) is 4.32. The number of likely N-dealkylation sites (tertiary alicyclic amines) is 1. The van der Waals surface area contributed by atoms with Crippen LogP contribution in [0.3, 0.4) is 0 Å². The Morgan fingerprint density at radius 3 is 2.64 bits per heavy atom. The number of carbonyl (C=O) groups is 2. The van der Waals surface area contributed by atoms with Crippen molar-refractivity contribution in [1.82, 2.24) is 20.1 Å². The van der Waals surface area contributed by atoms with E-state index >= 15 is 0 Å². The molecule has 0 radical (unpaired) electrons. The van der Waals surface area contributed by atoms with Gasteiger partial charge in [0.2, 0.25) is 11.8 Å². The van der Waals surface area contributed by atoms with Gasteiger partial charge in [0.1, 0.15) is 5.15 Å². The van der Waals surface area contributed by atoms with Gasteiger partial charge in [-0.15, -0.1) is 0 Å². The molecular formula is C24H26Cl2N4O2S. The van der Waals surface area contributed by atoms with Gasteiger partial charge in [-0.3, -0.25) is 24.7 Å². The van der Waals surface area contributed by atoms with Gasteiger partial charge < -0.3 is 0 Å². The Morgan fingerprint density at radius 2 is 1.88 bits per heavy atom. The van der Waals surface area contributed by atoms with Crippen LogP contribution in [0, 0.1) is 0 Å². The number of nitrogens with one attached hydrogen (secondary N) is 1. The van der Waals surface area contributed by atoms with Gasteiger partial charge in [-0.1, -0.05) is 41.4 Å². The zero-order valence-corrected chi connectivity index (χ0v) is 20.5. The number of hydrogen-bond acceptors (Lipinski definition) is 6. The lowest BCUT2D eigenvalue weighted by molar-refractivity contribution is -0.137. The molecule has 174 valence electrons. The Kier molecular flexibility index (Phi) is 6.69. The maximum atomic E-state index is 12.4. The topological polar surface area (TPSA) is 65.5 Å². The lowest BCUT2D eigenvalue weighted by Crippen LogP contribution is -2.51. The molecule has 2 fully saturated rings. The third-order valence-electron chi connectivity index (χ3n) is 7.08. The maximum absolute atomic E-state index is 12.4. The number of halogens is 2. The predicted molar refractivity (Wildman–Crippen MR) is 131 cm³/mol. The SMILES string of the molecule is O=C1CCC(N2Cc3ccc(CN4CCC(c5ccnc(Cl)c5Cl)CC4)cc3C2S)C(=O)N1. The Balaban J connectivity index is 1.22. The van der Waals surface area contributed by atoms with E-state index in [-0.39, 0.29) is 23.2 Å². The number of nitrogens with zero attached hydrogens (tertiary/aromatic N) is 3. The Hall–Kier alpha value is -1.64. The number of amides is 2. The summed E-state index contributed by atoms with van der Waals surface area (Å²) in [6, 6.07) is 8.23. The molecule has 2 unspecified atom stereocenters. The first kappa shape index (κ1) is 23.1. The number of fused-ring (bicyclic) bond motifs is 1. The van der Waals surface area contributed by atoms with E-state index in [1.807, 2.05) is 6.07 Å². The monoisotopic (exact) mass is 504 g/mol. The number of benzene rings is 1. The number of rotatable bonds is 4. The van der Waals surface area contributed by atoms with Gasteiger partial charge >= 0.3 is 0 Å². The van der Waals surface area contributed by atoms with E-state index in [2.05, 4.69) is 38.3 Å². The van der Waals surface area contributed by atoms with E-state index in [1.54, 1.807) is 6.20 Å². The summed E-state index contributed by atoms with van der Waals surface area (Å²) >= 11 is 17.3. The zero-order valence-electron chi connectivity index (χ0n) is 18.1. The molecule has 2 atom stereocenters. The van der Waals surface area contributed by atoms with Crippen molar-refractivity contribution in [3.63, 3.8) is 0 Å². The first-order chi connectivity index (χ1) is 15.9. The second kappa shape index (κ2) is 9.55. The first-order valence-corrected chi connectivity index (χ1v) is 12.6. The van der Waals surface area contributed by atoms with Crippen molar-refractivity contribution in [2.45, 2.75) is 56.1 Å². The molecule has 1 N–H and O–H groups in total. The molecule has 0 aliphatic carbocycles. The standard InChI is InChI=1S/C24H26Cl2N4O2S/c25-21-17(5-8-27-22(21)26)15-6-9-29(10-7-15)12-14-1-2-16-13-30(24(33)18(16)11-14)19-3-4-20(31)28-23(19)32/h1-2,5,8,11,15,19,24,33H,3-4,6-7,9-10,12-13H2,(H,28,31,32). The van der Waals surface area contributed by atoms with Gasteiger partial charge in [-0.25, -0.2) is 4.98 Å². The molecule has 0 saturated carbocycles. The summed E-state index contributed by atoms with van der Waals surface area (Å²) in [5.74, 6) is -0.000932. The molecule has 5 rings (SSSR count). The lowest BCUT2D eigenvalue weighted by atomic mass is 9.90. The van der Waals surface area contributed by atoms with E-state index in [9.17, 15) is 9.59 Å². The summed E-state index contributed by atoms with van der Waals surface area (Å²) in [5, 5.41) is 3.27. The number of thiol groups is 1. The summed E-state index contributed by atoms with van der Waals surface area (Å²) in [4.78, 5) is 32.5. The van der Waals surface area contributed by atoms with E-state index in [1.165, 1.54) is 11.1 Å². The fraction of sp³-hybridized carbons (Fsp3) is 0.458. The van der Waals surface area contributed by atoms with E-state index < -0.39 is 0 Å². The van der Waals surface area contributed by atoms with Crippen LogP contribution in [0.15, 0.2) is 30.5 Å². The van der Waals surface area contributed by atoms with Gasteiger partial charge in [0.25, 0.3) is 0 Å². The average Bonchev–Trinajstić information content (AvgIpc) is 3.12. The maximum Gasteiger partial charge on any atom is 0.243 e. The van der Waals surface area contributed by atoms with Crippen molar-refractivity contribution in [2.24, 2.45) is 0 Å². The number of pyridine rings is 1. The Morgan fingerprint density at radius 1 is 1.09 bits per heavy atom. The van der Waals surface area contributed by atoms with Crippen molar-refractivity contribution >= 4 is 47.6 Å². The Bertz CT molecular complexity index is 1090. The minimum absolute atomic E-state index is 0.145. The second-order valence-electron chi connectivity index (χ2n) is 9.10. The summed E-state index contributed by atoms with van der Waals surface area (Å²) in [6.07, 6.45) is 4.71. The molecule has 3 aliphatic heterocycles. The van der Waals surface area contributed by atoms with Crippen molar-refractivity contribution in [2.75, 3.05) is 13.1 Å². The van der Waals surface area contributed by atoms with Crippen LogP contribution >= 0.6 is 35.8 Å². The van der Waals surface area contributed by atoms with Crippen LogP contribution in [-0.4, -0.2) is 45.7 Å². The zero-order chi connectivity index (χ0) is 23.1. The van der Waals surface area contributed by atoms with Gasteiger partial charge in [-0.2, -0.15) is 12.6 Å². The van der Waals surface area contributed by atoms with Crippen LogP contribution < -0.4 is 5.32 Å². The van der Waals surface area contributed by atoms with Crippen LogP contribution in [0.5, 0.6) is 0 Å². The molecule has 0 spiro atoms. The molecule has 2 saturated heterocycles. The smallest absolute Gasteiger partial charge is 0.243 e. The average molecular weight is 505 g/mol.